The molecule has 78 valence electrons. The Morgan fingerprint density at radius 2 is 1.86 bits per heavy atom. The maximum Gasteiger partial charge on any atom is 0.00188 e. The van der Waals surface area contributed by atoms with E-state index < -0.39 is 0 Å². The molecular formula is C12H19NS. The van der Waals surface area contributed by atoms with Crippen LogP contribution < -0.4 is 0 Å². The number of nitrogens with zero attached hydrogens (tertiary/aromatic N) is 1. The van der Waals surface area contributed by atoms with Gasteiger partial charge in [0.05, 0.1) is 0 Å². The average molecular weight is 209 g/mol. The molecular weight excluding hydrogens is 190 g/mol. The first-order chi connectivity index (χ1) is 6.83. The smallest absolute Gasteiger partial charge is 0.00188 e. The van der Waals surface area contributed by atoms with Gasteiger partial charge in [-0.2, -0.15) is 12.6 Å². The first-order valence-corrected chi connectivity index (χ1v) is 5.79. The van der Waals surface area contributed by atoms with Crippen molar-refractivity contribution in [3.63, 3.8) is 0 Å². The Morgan fingerprint density at radius 1 is 1.14 bits per heavy atom. The van der Waals surface area contributed by atoms with Gasteiger partial charge in [-0.1, -0.05) is 30.3 Å². The fourth-order valence-corrected chi connectivity index (χ4v) is 1.56. The molecule has 1 rings (SSSR count). The molecule has 0 unspecified atom stereocenters. The maximum atomic E-state index is 4.21. The van der Waals surface area contributed by atoms with Gasteiger partial charge in [-0.25, -0.2) is 0 Å². The van der Waals surface area contributed by atoms with E-state index >= 15 is 0 Å². The SMILES string of the molecule is CN(CCCS)CCc1ccccc1. The number of hydrogen-bond acceptors (Lipinski definition) is 2. The molecule has 2 heteroatoms. The summed E-state index contributed by atoms with van der Waals surface area (Å²) in [6.45, 7) is 2.29. The Hall–Kier alpha value is -0.470. The molecule has 0 fully saturated rings. The van der Waals surface area contributed by atoms with Gasteiger partial charge in [0.1, 0.15) is 0 Å². The normalized spacial score (nSPS) is 10.8. The van der Waals surface area contributed by atoms with Gasteiger partial charge < -0.3 is 4.90 Å². The topological polar surface area (TPSA) is 3.24 Å². The lowest BCUT2D eigenvalue weighted by molar-refractivity contribution is 0.340. The third-order valence-corrected chi connectivity index (χ3v) is 2.64. The van der Waals surface area contributed by atoms with Crippen molar-refractivity contribution in [1.82, 2.24) is 4.90 Å². The summed E-state index contributed by atoms with van der Waals surface area (Å²) in [5.74, 6) is 0.982. The molecule has 0 aromatic heterocycles. The lowest BCUT2D eigenvalue weighted by Gasteiger charge is -2.15. The lowest BCUT2D eigenvalue weighted by atomic mass is 10.1. The summed E-state index contributed by atoms with van der Waals surface area (Å²) in [4.78, 5) is 2.36. The minimum Gasteiger partial charge on any atom is -0.306 e. The van der Waals surface area contributed by atoms with Crippen LogP contribution in [0.2, 0.25) is 0 Å². The summed E-state index contributed by atoms with van der Waals surface area (Å²) in [7, 11) is 2.17. The predicted molar refractivity (Wildman–Crippen MR) is 66.1 cm³/mol. The van der Waals surface area contributed by atoms with Crippen molar-refractivity contribution in [2.75, 3.05) is 25.9 Å². The third-order valence-electron chi connectivity index (χ3n) is 2.32. The van der Waals surface area contributed by atoms with Crippen molar-refractivity contribution in [2.24, 2.45) is 0 Å². The van der Waals surface area contributed by atoms with Crippen LogP contribution in [0.1, 0.15) is 12.0 Å². The van der Waals surface area contributed by atoms with Crippen LogP contribution in [0.5, 0.6) is 0 Å². The van der Waals surface area contributed by atoms with E-state index in [0.717, 1.165) is 25.3 Å². The number of hydrogen-bond donors (Lipinski definition) is 1. The molecule has 1 nitrogen and oxygen atoms in total. The molecule has 0 aliphatic carbocycles. The van der Waals surface area contributed by atoms with Gasteiger partial charge in [-0.15, -0.1) is 0 Å². The van der Waals surface area contributed by atoms with Gasteiger partial charge in [0.25, 0.3) is 0 Å². The molecule has 0 atom stereocenters. The van der Waals surface area contributed by atoms with Gasteiger partial charge in [0.15, 0.2) is 0 Å². The Kier molecular flexibility index (Phi) is 5.72. The van der Waals surface area contributed by atoms with Crippen molar-refractivity contribution in [1.29, 1.82) is 0 Å². The van der Waals surface area contributed by atoms with Crippen molar-refractivity contribution in [2.45, 2.75) is 12.8 Å². The molecule has 0 aliphatic rings. The molecule has 0 amide bonds. The van der Waals surface area contributed by atoms with Gasteiger partial charge >= 0.3 is 0 Å². The Balaban J connectivity index is 2.20. The quantitative estimate of drug-likeness (QED) is 0.705. The van der Waals surface area contributed by atoms with E-state index in [-0.39, 0.29) is 0 Å². The molecule has 0 saturated heterocycles. The van der Waals surface area contributed by atoms with E-state index in [4.69, 9.17) is 0 Å². The van der Waals surface area contributed by atoms with Crippen LogP contribution in [-0.2, 0) is 6.42 Å². The summed E-state index contributed by atoms with van der Waals surface area (Å²) in [5, 5.41) is 0. The van der Waals surface area contributed by atoms with E-state index in [9.17, 15) is 0 Å². The van der Waals surface area contributed by atoms with Crippen LogP contribution in [0.4, 0.5) is 0 Å². The standard InChI is InChI=1S/C12H19NS/c1-13(9-5-11-14)10-8-12-6-3-2-4-7-12/h2-4,6-7,14H,5,8-11H2,1H3. The van der Waals surface area contributed by atoms with Crippen molar-refractivity contribution in [3.8, 4) is 0 Å². The molecule has 14 heavy (non-hydrogen) atoms. The average Bonchev–Trinajstić information content (AvgIpc) is 2.25. The van der Waals surface area contributed by atoms with Crippen molar-refractivity contribution < 1.29 is 0 Å². The lowest BCUT2D eigenvalue weighted by Crippen LogP contribution is -2.22. The van der Waals surface area contributed by atoms with E-state index in [1.54, 1.807) is 0 Å². The second-order valence-corrected chi connectivity index (χ2v) is 4.06. The zero-order valence-electron chi connectivity index (χ0n) is 8.82. The first kappa shape index (κ1) is 11.6. The number of benzene rings is 1. The largest absolute Gasteiger partial charge is 0.306 e. The van der Waals surface area contributed by atoms with Crippen molar-refractivity contribution in [3.05, 3.63) is 35.9 Å². The summed E-state index contributed by atoms with van der Waals surface area (Å²) in [6.07, 6.45) is 2.32. The minimum atomic E-state index is 0.982. The maximum absolute atomic E-state index is 4.21. The second-order valence-electron chi connectivity index (χ2n) is 3.62. The molecule has 1 aromatic rings. The molecule has 0 saturated carbocycles. The van der Waals surface area contributed by atoms with Gasteiger partial charge in [0, 0.05) is 6.54 Å². The highest BCUT2D eigenvalue weighted by Gasteiger charge is 1.97. The predicted octanol–water partition coefficient (Wildman–Crippen LogP) is 2.48. The van der Waals surface area contributed by atoms with E-state index in [2.05, 4.69) is 54.9 Å². The fraction of sp³-hybridized carbons (Fsp3) is 0.500. The van der Waals surface area contributed by atoms with Crippen LogP contribution in [0.25, 0.3) is 0 Å². The van der Waals surface area contributed by atoms with Crippen LogP contribution in [0.15, 0.2) is 30.3 Å². The van der Waals surface area contributed by atoms with Gasteiger partial charge in [-0.05, 0) is 37.8 Å². The molecule has 1 aromatic carbocycles. The highest BCUT2D eigenvalue weighted by atomic mass is 32.1. The summed E-state index contributed by atoms with van der Waals surface area (Å²) >= 11 is 4.21. The number of rotatable bonds is 6. The summed E-state index contributed by atoms with van der Waals surface area (Å²) in [5.41, 5.74) is 1.42. The summed E-state index contributed by atoms with van der Waals surface area (Å²) < 4.78 is 0. The van der Waals surface area contributed by atoms with Crippen molar-refractivity contribution >= 4 is 12.6 Å². The van der Waals surface area contributed by atoms with Gasteiger partial charge in [-0.3, -0.25) is 0 Å². The second kappa shape index (κ2) is 6.91. The zero-order chi connectivity index (χ0) is 10.2. The Bertz CT molecular complexity index is 235. The molecule has 0 aliphatic heterocycles. The van der Waals surface area contributed by atoms with E-state index in [1.807, 2.05) is 0 Å². The van der Waals surface area contributed by atoms with Gasteiger partial charge in [0.2, 0.25) is 0 Å². The molecule has 0 bridgehead atoms. The summed E-state index contributed by atoms with van der Waals surface area (Å²) in [6, 6.07) is 10.6. The van der Waals surface area contributed by atoms with E-state index in [0.29, 0.717) is 0 Å². The highest BCUT2D eigenvalue weighted by molar-refractivity contribution is 7.80. The monoisotopic (exact) mass is 209 g/mol. The van der Waals surface area contributed by atoms with Crippen LogP contribution >= 0.6 is 12.6 Å². The first-order valence-electron chi connectivity index (χ1n) is 5.16. The van der Waals surface area contributed by atoms with Crippen LogP contribution in [0, 0.1) is 0 Å². The Labute approximate surface area is 92.5 Å². The highest BCUT2D eigenvalue weighted by Crippen LogP contribution is 2.00. The molecule has 0 heterocycles. The van der Waals surface area contributed by atoms with E-state index in [1.165, 1.54) is 12.0 Å². The van der Waals surface area contributed by atoms with Crippen LogP contribution in [0.3, 0.4) is 0 Å². The van der Waals surface area contributed by atoms with Crippen LogP contribution in [-0.4, -0.2) is 30.8 Å². The third kappa shape index (κ3) is 4.68. The Morgan fingerprint density at radius 3 is 2.50 bits per heavy atom. The fourth-order valence-electron chi connectivity index (χ4n) is 1.42. The molecule has 0 spiro atoms. The number of thiol groups is 1. The minimum absolute atomic E-state index is 0.982. The molecule has 0 N–H and O–H groups in total. The molecule has 0 radical (unpaired) electrons. The number of likely N-dealkylation sites (N-methyl/N-ethyl adjacent to an activating group) is 1. The zero-order valence-corrected chi connectivity index (χ0v) is 9.71.